The summed E-state index contributed by atoms with van der Waals surface area (Å²) in [5.41, 5.74) is 9.86. The first-order chi connectivity index (χ1) is 13.7. The molecule has 3 aromatic rings. The normalized spacial score (nSPS) is 11.6. The molecule has 0 fully saturated rings. The first-order valence-corrected chi connectivity index (χ1v) is 8.56. The van der Waals surface area contributed by atoms with Gasteiger partial charge in [-0.3, -0.25) is 4.99 Å². The molecule has 0 atom stereocenters. The molecule has 3 rings (SSSR count). The van der Waals surface area contributed by atoms with E-state index in [9.17, 15) is 13.2 Å². The number of ether oxygens (including phenoxy) is 1. The molecule has 29 heavy (non-hydrogen) atoms. The van der Waals surface area contributed by atoms with Gasteiger partial charge in [0.15, 0.2) is 0 Å². The molecule has 0 saturated heterocycles. The number of aromatic nitrogens is 2. The van der Waals surface area contributed by atoms with E-state index < -0.39 is 6.36 Å². The van der Waals surface area contributed by atoms with E-state index in [2.05, 4.69) is 25.0 Å². The summed E-state index contributed by atoms with van der Waals surface area (Å²) in [5.74, 6) is 0.270. The number of nitrogen functional groups attached to an aromatic ring is 1. The maximum absolute atomic E-state index is 12.3. The Morgan fingerprint density at radius 1 is 1.07 bits per heavy atom. The van der Waals surface area contributed by atoms with Crippen LogP contribution >= 0.6 is 0 Å². The topological polar surface area (TPSA) is 85.4 Å². The molecule has 0 amide bonds. The number of halogens is 3. The number of nitrogens with two attached hydrogens (primary N) is 1. The number of benzene rings is 2. The van der Waals surface area contributed by atoms with E-state index in [1.165, 1.54) is 30.6 Å². The highest BCUT2D eigenvalue weighted by molar-refractivity contribution is 5.94. The number of aryl methyl sites for hydroxylation is 1. The van der Waals surface area contributed by atoms with Crippen LogP contribution in [0.3, 0.4) is 0 Å². The van der Waals surface area contributed by atoms with Crippen molar-refractivity contribution in [3.63, 3.8) is 0 Å². The number of aliphatic imine (C=N–C) groups is 1. The average Bonchev–Trinajstić information content (AvgIpc) is 2.65. The molecule has 0 aliphatic carbocycles. The lowest BCUT2D eigenvalue weighted by atomic mass is 10.1. The van der Waals surface area contributed by atoms with Crippen molar-refractivity contribution in [2.24, 2.45) is 4.99 Å². The number of nitrogens with one attached hydrogen (secondary N) is 1. The first-order valence-electron chi connectivity index (χ1n) is 8.56. The second-order valence-electron chi connectivity index (χ2n) is 6.20. The minimum Gasteiger partial charge on any atom is -0.406 e. The summed E-state index contributed by atoms with van der Waals surface area (Å²) in [7, 11) is 0. The molecule has 0 aliphatic heterocycles. The van der Waals surface area contributed by atoms with Crippen molar-refractivity contribution < 1.29 is 17.9 Å². The van der Waals surface area contributed by atoms with Crippen LogP contribution in [0.2, 0.25) is 0 Å². The fraction of sp³-hybridized carbons (Fsp3) is 0.150. The Kier molecular flexibility index (Phi) is 5.67. The van der Waals surface area contributed by atoms with Crippen molar-refractivity contribution in [3.05, 3.63) is 65.5 Å². The quantitative estimate of drug-likeness (QED) is 0.583. The van der Waals surface area contributed by atoms with Crippen LogP contribution < -0.4 is 15.8 Å². The molecular formula is C20H18F3N5O. The molecule has 150 valence electrons. The highest BCUT2D eigenvalue weighted by atomic mass is 19.4. The predicted molar refractivity (Wildman–Crippen MR) is 106 cm³/mol. The van der Waals surface area contributed by atoms with E-state index in [0.29, 0.717) is 17.1 Å². The maximum Gasteiger partial charge on any atom is 0.573 e. The highest BCUT2D eigenvalue weighted by Crippen LogP contribution is 2.27. The largest absolute Gasteiger partial charge is 0.573 e. The third-order valence-electron chi connectivity index (χ3n) is 4.17. The number of rotatable bonds is 5. The number of hydrogen-bond acceptors (Lipinski definition) is 6. The van der Waals surface area contributed by atoms with E-state index in [4.69, 9.17) is 5.73 Å². The monoisotopic (exact) mass is 401 g/mol. The van der Waals surface area contributed by atoms with Gasteiger partial charge in [-0.2, -0.15) is 0 Å². The average molecular weight is 401 g/mol. The van der Waals surface area contributed by atoms with Gasteiger partial charge in [0.1, 0.15) is 23.7 Å². The maximum atomic E-state index is 12.3. The van der Waals surface area contributed by atoms with Gasteiger partial charge in [0, 0.05) is 11.9 Å². The number of nitrogens with zero attached hydrogens (tertiary/aromatic N) is 3. The Balaban J connectivity index is 1.85. The van der Waals surface area contributed by atoms with E-state index in [1.807, 2.05) is 32.0 Å². The van der Waals surface area contributed by atoms with Gasteiger partial charge in [-0.05, 0) is 55.3 Å². The Bertz CT molecular complexity index is 1030. The lowest BCUT2D eigenvalue weighted by Gasteiger charge is -2.12. The Labute approximate surface area is 165 Å². The van der Waals surface area contributed by atoms with Crippen LogP contribution in [0.15, 0.2) is 53.8 Å². The van der Waals surface area contributed by atoms with Crippen LogP contribution in [-0.4, -0.2) is 22.5 Å². The van der Waals surface area contributed by atoms with Gasteiger partial charge in [-0.15, -0.1) is 13.2 Å². The Morgan fingerprint density at radius 2 is 1.79 bits per heavy atom. The summed E-state index contributed by atoms with van der Waals surface area (Å²) in [4.78, 5) is 12.6. The molecule has 3 N–H and O–H groups in total. The summed E-state index contributed by atoms with van der Waals surface area (Å²) in [6.45, 7) is 3.96. The fourth-order valence-electron chi connectivity index (χ4n) is 2.52. The number of hydrogen-bond donors (Lipinski definition) is 2. The first kappa shape index (κ1) is 20.1. The number of alkyl halides is 3. The zero-order valence-electron chi connectivity index (χ0n) is 15.7. The van der Waals surface area contributed by atoms with E-state index >= 15 is 0 Å². The number of anilines is 3. The molecule has 0 saturated carbocycles. The summed E-state index contributed by atoms with van der Waals surface area (Å²) < 4.78 is 40.7. The van der Waals surface area contributed by atoms with Gasteiger partial charge in [-0.25, -0.2) is 9.97 Å². The lowest BCUT2D eigenvalue weighted by molar-refractivity contribution is -0.274. The predicted octanol–water partition coefficient (Wildman–Crippen LogP) is 5.07. The minimum absolute atomic E-state index is 0.216. The highest BCUT2D eigenvalue weighted by Gasteiger charge is 2.30. The van der Waals surface area contributed by atoms with Crippen LogP contribution in [0.5, 0.6) is 5.75 Å². The molecule has 0 bridgehead atoms. The Morgan fingerprint density at radius 3 is 2.48 bits per heavy atom. The molecule has 1 aromatic heterocycles. The molecule has 2 aromatic carbocycles. The van der Waals surface area contributed by atoms with E-state index in [-0.39, 0.29) is 11.6 Å². The molecule has 0 spiro atoms. The van der Waals surface area contributed by atoms with E-state index in [1.54, 1.807) is 6.21 Å². The molecule has 6 nitrogen and oxygen atoms in total. The van der Waals surface area contributed by atoms with Crippen molar-refractivity contribution in [1.29, 1.82) is 0 Å². The standard InChI is InChI=1S/C20H18F3N5O/c1-12-4-3-5-17(13(12)2)25-10-16-18(24)26-11-27-19(16)28-14-6-8-15(9-7-14)29-20(21,22)23/h3-11H,1-2H3,(H3,24,26,27,28). The van der Waals surface area contributed by atoms with Crippen LogP contribution in [0.25, 0.3) is 0 Å². The summed E-state index contributed by atoms with van der Waals surface area (Å²) in [6.07, 6.45) is -1.90. The summed E-state index contributed by atoms with van der Waals surface area (Å²) in [6, 6.07) is 11.0. The molecule has 0 aliphatic rings. The summed E-state index contributed by atoms with van der Waals surface area (Å²) in [5, 5.41) is 3.01. The third-order valence-corrected chi connectivity index (χ3v) is 4.17. The van der Waals surface area contributed by atoms with Gasteiger partial charge in [0.05, 0.1) is 11.3 Å². The smallest absolute Gasteiger partial charge is 0.406 e. The fourth-order valence-corrected chi connectivity index (χ4v) is 2.52. The SMILES string of the molecule is Cc1cccc(N=Cc2c(N)ncnc2Nc2ccc(OC(F)(F)F)cc2)c1C. The second kappa shape index (κ2) is 8.17. The lowest BCUT2D eigenvalue weighted by Crippen LogP contribution is -2.17. The van der Waals surface area contributed by atoms with Crippen molar-refractivity contribution in [3.8, 4) is 5.75 Å². The molecular weight excluding hydrogens is 383 g/mol. The Hall–Kier alpha value is -3.62. The van der Waals surface area contributed by atoms with Gasteiger partial charge in [-0.1, -0.05) is 12.1 Å². The van der Waals surface area contributed by atoms with Gasteiger partial charge in [0.2, 0.25) is 0 Å². The summed E-state index contributed by atoms with van der Waals surface area (Å²) >= 11 is 0. The van der Waals surface area contributed by atoms with Crippen LogP contribution in [0.4, 0.5) is 36.2 Å². The van der Waals surface area contributed by atoms with Gasteiger partial charge >= 0.3 is 6.36 Å². The van der Waals surface area contributed by atoms with Crippen LogP contribution in [-0.2, 0) is 0 Å². The molecule has 0 radical (unpaired) electrons. The van der Waals surface area contributed by atoms with E-state index in [0.717, 1.165) is 16.8 Å². The van der Waals surface area contributed by atoms with Crippen LogP contribution in [0, 0.1) is 13.8 Å². The van der Waals surface area contributed by atoms with Crippen LogP contribution in [0.1, 0.15) is 16.7 Å². The zero-order chi connectivity index (χ0) is 21.0. The van der Waals surface area contributed by atoms with Crippen molar-refractivity contribution in [2.75, 3.05) is 11.1 Å². The second-order valence-corrected chi connectivity index (χ2v) is 6.20. The van der Waals surface area contributed by atoms with Gasteiger partial charge < -0.3 is 15.8 Å². The van der Waals surface area contributed by atoms with Crippen molar-refractivity contribution in [2.45, 2.75) is 20.2 Å². The minimum atomic E-state index is -4.74. The molecule has 9 heteroatoms. The zero-order valence-corrected chi connectivity index (χ0v) is 15.7. The van der Waals surface area contributed by atoms with Crippen molar-refractivity contribution >= 4 is 29.2 Å². The third kappa shape index (κ3) is 5.22. The molecule has 1 heterocycles. The van der Waals surface area contributed by atoms with Gasteiger partial charge in [0.25, 0.3) is 0 Å². The molecule has 0 unspecified atom stereocenters. The van der Waals surface area contributed by atoms with Crippen molar-refractivity contribution in [1.82, 2.24) is 9.97 Å².